The van der Waals surface area contributed by atoms with Gasteiger partial charge in [-0.2, -0.15) is 15.2 Å². The molecule has 7 heteroatoms. The third-order valence-corrected chi connectivity index (χ3v) is 3.12. The average molecular weight is 277 g/mol. The Labute approximate surface area is 114 Å². The second kappa shape index (κ2) is 5.31. The van der Waals surface area contributed by atoms with E-state index in [2.05, 4.69) is 25.7 Å². The highest BCUT2D eigenvalue weighted by atomic mass is 32.1. The first-order valence-corrected chi connectivity index (χ1v) is 6.64. The van der Waals surface area contributed by atoms with Crippen LogP contribution in [0.25, 0.3) is 0 Å². The molecule has 0 unspecified atom stereocenters. The van der Waals surface area contributed by atoms with Gasteiger partial charge < -0.3 is 0 Å². The molecule has 0 radical (unpaired) electrons. The summed E-state index contributed by atoms with van der Waals surface area (Å²) in [5.74, 6) is 0.379. The number of rotatable bonds is 3. The number of hydrazone groups is 1. The SMILES string of the molecule is CC(C)(C)c1n[nH]c(=O)nc1N/N=C/c1cccs1. The maximum Gasteiger partial charge on any atom is 0.363 e. The highest BCUT2D eigenvalue weighted by Gasteiger charge is 2.21. The van der Waals surface area contributed by atoms with Crippen LogP contribution in [-0.2, 0) is 5.41 Å². The van der Waals surface area contributed by atoms with Gasteiger partial charge in [-0.1, -0.05) is 26.8 Å². The molecule has 2 aromatic rings. The largest absolute Gasteiger partial charge is 0.363 e. The topological polar surface area (TPSA) is 83.0 Å². The number of hydrogen-bond acceptors (Lipinski definition) is 6. The number of H-pyrrole nitrogens is 1. The summed E-state index contributed by atoms with van der Waals surface area (Å²) in [5.41, 5.74) is 2.71. The molecule has 2 aromatic heterocycles. The Morgan fingerprint density at radius 2 is 2.26 bits per heavy atom. The number of hydrogen-bond donors (Lipinski definition) is 2. The van der Waals surface area contributed by atoms with E-state index >= 15 is 0 Å². The van der Waals surface area contributed by atoms with Crippen molar-refractivity contribution < 1.29 is 0 Å². The van der Waals surface area contributed by atoms with E-state index in [9.17, 15) is 4.79 Å². The fourth-order valence-electron chi connectivity index (χ4n) is 1.46. The quantitative estimate of drug-likeness (QED) is 0.663. The minimum Gasteiger partial charge on any atom is -0.260 e. The molecule has 100 valence electrons. The van der Waals surface area contributed by atoms with Crippen LogP contribution in [0.3, 0.4) is 0 Å². The highest BCUT2D eigenvalue weighted by Crippen LogP contribution is 2.24. The van der Waals surface area contributed by atoms with Crippen molar-refractivity contribution in [3.05, 3.63) is 38.6 Å². The summed E-state index contributed by atoms with van der Waals surface area (Å²) in [6.45, 7) is 5.97. The van der Waals surface area contributed by atoms with Crippen LogP contribution in [-0.4, -0.2) is 21.4 Å². The molecule has 0 bridgehead atoms. The van der Waals surface area contributed by atoms with E-state index in [1.807, 2.05) is 38.3 Å². The molecule has 0 saturated carbocycles. The van der Waals surface area contributed by atoms with Crippen molar-refractivity contribution in [1.82, 2.24) is 15.2 Å². The summed E-state index contributed by atoms with van der Waals surface area (Å²) in [4.78, 5) is 16.1. The van der Waals surface area contributed by atoms with Crippen molar-refractivity contribution in [2.45, 2.75) is 26.2 Å². The van der Waals surface area contributed by atoms with Gasteiger partial charge in [0.15, 0.2) is 5.82 Å². The van der Waals surface area contributed by atoms with Crippen LogP contribution in [0.4, 0.5) is 5.82 Å². The zero-order valence-corrected chi connectivity index (χ0v) is 11.8. The first kappa shape index (κ1) is 13.4. The smallest absolute Gasteiger partial charge is 0.260 e. The van der Waals surface area contributed by atoms with Gasteiger partial charge in [0.05, 0.1) is 6.21 Å². The maximum atomic E-state index is 11.2. The van der Waals surface area contributed by atoms with Gasteiger partial charge in [-0.05, 0) is 11.4 Å². The molecule has 0 spiro atoms. The fraction of sp³-hybridized carbons (Fsp3) is 0.333. The normalized spacial score (nSPS) is 11.9. The molecular formula is C12H15N5OS. The van der Waals surface area contributed by atoms with Crippen LogP contribution in [0.15, 0.2) is 27.4 Å². The average Bonchev–Trinajstić information content (AvgIpc) is 2.80. The van der Waals surface area contributed by atoms with Crippen LogP contribution < -0.4 is 11.1 Å². The third kappa shape index (κ3) is 3.47. The second-order valence-electron chi connectivity index (χ2n) is 4.97. The molecule has 0 aliphatic heterocycles. The summed E-state index contributed by atoms with van der Waals surface area (Å²) in [7, 11) is 0. The van der Waals surface area contributed by atoms with E-state index < -0.39 is 5.69 Å². The number of nitrogens with one attached hydrogen (secondary N) is 2. The number of anilines is 1. The molecule has 0 fully saturated rings. The number of aromatic nitrogens is 3. The van der Waals surface area contributed by atoms with E-state index in [4.69, 9.17) is 0 Å². The highest BCUT2D eigenvalue weighted by molar-refractivity contribution is 7.11. The Kier molecular flexibility index (Phi) is 3.75. The van der Waals surface area contributed by atoms with Crippen molar-refractivity contribution >= 4 is 23.4 Å². The summed E-state index contributed by atoms with van der Waals surface area (Å²) in [6.07, 6.45) is 1.68. The van der Waals surface area contributed by atoms with Gasteiger partial charge in [0.2, 0.25) is 0 Å². The third-order valence-electron chi connectivity index (χ3n) is 2.32. The van der Waals surface area contributed by atoms with Crippen molar-refractivity contribution in [3.8, 4) is 0 Å². The fourth-order valence-corrected chi connectivity index (χ4v) is 2.04. The lowest BCUT2D eigenvalue weighted by Crippen LogP contribution is -2.24. The molecule has 2 rings (SSSR count). The van der Waals surface area contributed by atoms with Crippen molar-refractivity contribution in [2.24, 2.45) is 5.10 Å². The van der Waals surface area contributed by atoms with Gasteiger partial charge in [-0.3, -0.25) is 5.43 Å². The summed E-state index contributed by atoms with van der Waals surface area (Å²) >= 11 is 1.58. The van der Waals surface area contributed by atoms with Crippen LogP contribution >= 0.6 is 11.3 Å². The number of aromatic amines is 1. The Bertz CT molecular complexity index is 624. The summed E-state index contributed by atoms with van der Waals surface area (Å²) in [6, 6.07) is 3.89. The van der Waals surface area contributed by atoms with E-state index in [0.29, 0.717) is 11.5 Å². The van der Waals surface area contributed by atoms with Crippen molar-refractivity contribution in [1.29, 1.82) is 0 Å². The van der Waals surface area contributed by atoms with Crippen LogP contribution in [0, 0.1) is 0 Å². The van der Waals surface area contributed by atoms with E-state index in [1.165, 1.54) is 0 Å². The Hall–Kier alpha value is -2.02. The molecule has 0 atom stereocenters. The minimum absolute atomic E-state index is 0.238. The molecule has 2 N–H and O–H groups in total. The predicted octanol–water partition coefficient (Wildman–Crippen LogP) is 1.97. The molecule has 0 amide bonds. The van der Waals surface area contributed by atoms with Crippen molar-refractivity contribution in [2.75, 3.05) is 5.43 Å². The van der Waals surface area contributed by atoms with Crippen LogP contribution in [0.5, 0.6) is 0 Å². The molecule has 6 nitrogen and oxygen atoms in total. The van der Waals surface area contributed by atoms with Gasteiger partial charge in [0, 0.05) is 10.3 Å². The second-order valence-corrected chi connectivity index (χ2v) is 5.95. The van der Waals surface area contributed by atoms with Crippen LogP contribution in [0.1, 0.15) is 31.3 Å². The zero-order valence-electron chi connectivity index (χ0n) is 11.0. The lowest BCUT2D eigenvalue weighted by molar-refractivity contribution is 0.553. The minimum atomic E-state index is -0.498. The summed E-state index contributed by atoms with van der Waals surface area (Å²) < 4.78 is 0. The predicted molar refractivity (Wildman–Crippen MR) is 76.9 cm³/mol. The molecule has 2 heterocycles. The van der Waals surface area contributed by atoms with E-state index in [1.54, 1.807) is 17.6 Å². The zero-order chi connectivity index (χ0) is 13.9. The number of thiophene rings is 1. The van der Waals surface area contributed by atoms with E-state index in [0.717, 1.165) is 4.88 Å². The Balaban J connectivity index is 2.24. The molecule has 0 aromatic carbocycles. The lowest BCUT2D eigenvalue weighted by Gasteiger charge is -2.18. The van der Waals surface area contributed by atoms with Crippen LogP contribution in [0.2, 0.25) is 0 Å². The standard InChI is InChI=1S/C12H15N5OS/c1-12(2,3)9-10(14-11(18)17-15-9)16-13-7-8-5-4-6-19-8/h4-7H,1-3H3,(H2,14,16,17,18)/b13-7+. The van der Waals surface area contributed by atoms with Gasteiger partial charge >= 0.3 is 5.69 Å². The monoisotopic (exact) mass is 277 g/mol. The maximum absolute atomic E-state index is 11.2. The Morgan fingerprint density at radius 1 is 1.47 bits per heavy atom. The van der Waals surface area contributed by atoms with Crippen molar-refractivity contribution in [3.63, 3.8) is 0 Å². The van der Waals surface area contributed by atoms with Gasteiger partial charge in [0.25, 0.3) is 0 Å². The molecular weight excluding hydrogens is 262 g/mol. The lowest BCUT2D eigenvalue weighted by atomic mass is 9.92. The first-order chi connectivity index (χ1) is 8.97. The number of nitrogens with zero attached hydrogens (tertiary/aromatic N) is 3. The molecule has 0 aliphatic rings. The van der Waals surface area contributed by atoms with E-state index in [-0.39, 0.29) is 5.41 Å². The van der Waals surface area contributed by atoms with Gasteiger partial charge in [-0.25, -0.2) is 9.89 Å². The molecule has 0 aliphatic carbocycles. The summed E-state index contributed by atoms with van der Waals surface area (Å²) in [5, 5.41) is 12.4. The molecule has 0 saturated heterocycles. The first-order valence-electron chi connectivity index (χ1n) is 5.76. The van der Waals surface area contributed by atoms with Gasteiger partial charge in [-0.15, -0.1) is 11.3 Å². The molecule has 19 heavy (non-hydrogen) atoms. The van der Waals surface area contributed by atoms with Gasteiger partial charge in [0.1, 0.15) is 5.69 Å². The Morgan fingerprint density at radius 3 is 2.89 bits per heavy atom.